The number of carbonyl (C=O) groups excluding carboxylic acids is 1. The van der Waals surface area contributed by atoms with Crippen molar-refractivity contribution in [2.24, 2.45) is 0 Å². The fourth-order valence-electron chi connectivity index (χ4n) is 2.18. The molecule has 0 aliphatic carbocycles. The lowest BCUT2D eigenvalue weighted by Gasteiger charge is -2.35. The molecule has 1 heterocycles. The molecule has 4 nitrogen and oxygen atoms in total. The lowest BCUT2D eigenvalue weighted by molar-refractivity contribution is -0.140. The van der Waals surface area contributed by atoms with Crippen molar-refractivity contribution in [1.29, 1.82) is 0 Å². The number of halogens is 1. The molecule has 19 heavy (non-hydrogen) atoms. The Hall–Kier alpha value is -1.26. The smallest absolute Gasteiger partial charge is 0.263 e. The maximum absolute atomic E-state index is 12.4. The van der Waals surface area contributed by atoms with E-state index in [0.717, 1.165) is 19.6 Å². The largest absolute Gasteiger partial charge is 0.479 e. The van der Waals surface area contributed by atoms with Crippen LogP contribution in [0.15, 0.2) is 24.3 Å². The molecule has 5 heteroatoms. The summed E-state index contributed by atoms with van der Waals surface area (Å²) in [4.78, 5) is 14.2. The SMILES string of the molecule is C[C@@H](Oc1ccccc1Cl)C(=O)N1CCNC[C@@H]1C. The average molecular weight is 283 g/mol. The van der Waals surface area contributed by atoms with E-state index in [2.05, 4.69) is 5.32 Å². The van der Waals surface area contributed by atoms with E-state index < -0.39 is 6.10 Å². The van der Waals surface area contributed by atoms with Crippen LogP contribution >= 0.6 is 11.6 Å². The van der Waals surface area contributed by atoms with Gasteiger partial charge in [0, 0.05) is 25.7 Å². The van der Waals surface area contributed by atoms with Crippen molar-refractivity contribution in [2.45, 2.75) is 26.0 Å². The predicted octanol–water partition coefficient (Wildman–Crippen LogP) is 1.93. The molecule has 1 amide bonds. The third-order valence-corrected chi connectivity index (χ3v) is 3.58. The van der Waals surface area contributed by atoms with Gasteiger partial charge in [0.15, 0.2) is 6.10 Å². The van der Waals surface area contributed by atoms with Crippen molar-refractivity contribution in [2.75, 3.05) is 19.6 Å². The molecular weight excluding hydrogens is 264 g/mol. The van der Waals surface area contributed by atoms with Gasteiger partial charge in [-0.2, -0.15) is 0 Å². The summed E-state index contributed by atoms with van der Waals surface area (Å²) in [6, 6.07) is 7.39. The molecule has 1 saturated heterocycles. The molecule has 104 valence electrons. The average Bonchev–Trinajstić information content (AvgIpc) is 2.41. The van der Waals surface area contributed by atoms with Gasteiger partial charge in [-0.3, -0.25) is 4.79 Å². The summed E-state index contributed by atoms with van der Waals surface area (Å²) in [5.74, 6) is 0.557. The van der Waals surface area contributed by atoms with E-state index in [4.69, 9.17) is 16.3 Å². The van der Waals surface area contributed by atoms with Crippen LogP contribution in [0, 0.1) is 0 Å². The summed E-state index contributed by atoms with van der Waals surface area (Å²) in [5.41, 5.74) is 0. The highest BCUT2D eigenvalue weighted by Crippen LogP contribution is 2.24. The fraction of sp³-hybridized carbons (Fsp3) is 0.500. The van der Waals surface area contributed by atoms with Crippen molar-refractivity contribution >= 4 is 17.5 Å². The minimum Gasteiger partial charge on any atom is -0.479 e. The molecule has 1 fully saturated rings. The first-order valence-electron chi connectivity index (χ1n) is 6.52. The van der Waals surface area contributed by atoms with Crippen molar-refractivity contribution < 1.29 is 9.53 Å². The second-order valence-electron chi connectivity index (χ2n) is 4.78. The molecule has 2 atom stereocenters. The first-order chi connectivity index (χ1) is 9.09. The quantitative estimate of drug-likeness (QED) is 0.921. The van der Waals surface area contributed by atoms with Crippen LogP contribution in [0.5, 0.6) is 5.75 Å². The number of ether oxygens (including phenoxy) is 1. The van der Waals surface area contributed by atoms with Gasteiger partial charge in [-0.05, 0) is 26.0 Å². The van der Waals surface area contributed by atoms with E-state index >= 15 is 0 Å². The van der Waals surface area contributed by atoms with Crippen molar-refractivity contribution in [3.8, 4) is 5.75 Å². The van der Waals surface area contributed by atoms with Crippen LogP contribution in [0.1, 0.15) is 13.8 Å². The third-order valence-electron chi connectivity index (χ3n) is 3.27. The van der Waals surface area contributed by atoms with Crippen molar-refractivity contribution in [3.05, 3.63) is 29.3 Å². The Morgan fingerprint density at radius 1 is 1.53 bits per heavy atom. The maximum atomic E-state index is 12.4. The van der Waals surface area contributed by atoms with E-state index in [1.54, 1.807) is 19.1 Å². The number of hydrogen-bond donors (Lipinski definition) is 1. The Labute approximate surface area is 118 Å². The van der Waals surface area contributed by atoms with Crippen LogP contribution in [-0.2, 0) is 4.79 Å². The lowest BCUT2D eigenvalue weighted by atomic mass is 10.2. The van der Waals surface area contributed by atoms with E-state index in [1.165, 1.54) is 0 Å². The van der Waals surface area contributed by atoms with E-state index in [9.17, 15) is 4.79 Å². The molecule has 0 unspecified atom stereocenters. The standard InChI is InChI=1S/C14H19ClN2O2/c1-10-9-16-7-8-17(10)14(18)11(2)19-13-6-4-3-5-12(13)15/h3-6,10-11,16H,7-9H2,1-2H3/t10-,11+/m0/s1. The molecule has 0 spiro atoms. The van der Waals surface area contributed by atoms with Crippen molar-refractivity contribution in [3.63, 3.8) is 0 Å². The van der Waals surface area contributed by atoms with Gasteiger partial charge in [0.2, 0.25) is 0 Å². The van der Waals surface area contributed by atoms with Gasteiger partial charge in [0.25, 0.3) is 5.91 Å². The van der Waals surface area contributed by atoms with E-state index in [0.29, 0.717) is 10.8 Å². The highest BCUT2D eigenvalue weighted by Gasteiger charge is 2.28. The Morgan fingerprint density at radius 3 is 2.95 bits per heavy atom. The normalized spacial score (nSPS) is 21.0. The highest BCUT2D eigenvalue weighted by molar-refractivity contribution is 6.32. The molecule has 1 aromatic rings. The summed E-state index contributed by atoms with van der Waals surface area (Å²) in [6.45, 7) is 6.17. The van der Waals surface area contributed by atoms with Crippen LogP contribution < -0.4 is 10.1 Å². The summed E-state index contributed by atoms with van der Waals surface area (Å²) in [6.07, 6.45) is -0.527. The predicted molar refractivity (Wildman–Crippen MR) is 75.6 cm³/mol. The number of nitrogens with zero attached hydrogens (tertiary/aromatic N) is 1. The Bertz CT molecular complexity index is 453. The molecule has 1 aliphatic heterocycles. The summed E-state index contributed by atoms with van der Waals surface area (Å²) < 4.78 is 5.66. The third kappa shape index (κ3) is 3.39. The van der Waals surface area contributed by atoms with Gasteiger partial charge >= 0.3 is 0 Å². The fourth-order valence-corrected chi connectivity index (χ4v) is 2.36. The van der Waals surface area contributed by atoms with E-state index in [-0.39, 0.29) is 11.9 Å². The number of benzene rings is 1. The van der Waals surface area contributed by atoms with Crippen LogP contribution in [0.4, 0.5) is 0 Å². The molecule has 1 N–H and O–H groups in total. The number of para-hydroxylation sites is 1. The van der Waals surface area contributed by atoms with Gasteiger partial charge in [0.05, 0.1) is 5.02 Å². The second-order valence-corrected chi connectivity index (χ2v) is 5.18. The van der Waals surface area contributed by atoms with Gasteiger partial charge in [-0.15, -0.1) is 0 Å². The lowest BCUT2D eigenvalue weighted by Crippen LogP contribution is -2.55. The number of hydrogen-bond acceptors (Lipinski definition) is 3. The van der Waals surface area contributed by atoms with Crippen LogP contribution in [0.3, 0.4) is 0 Å². The molecule has 1 aromatic carbocycles. The van der Waals surface area contributed by atoms with Crippen LogP contribution in [0.2, 0.25) is 5.02 Å². The monoisotopic (exact) mass is 282 g/mol. The van der Waals surface area contributed by atoms with Gasteiger partial charge in [-0.25, -0.2) is 0 Å². The minimum atomic E-state index is -0.527. The summed E-state index contributed by atoms with van der Waals surface area (Å²) >= 11 is 6.03. The summed E-state index contributed by atoms with van der Waals surface area (Å²) in [5, 5.41) is 3.78. The highest BCUT2D eigenvalue weighted by atomic mass is 35.5. The Balaban J connectivity index is 2.01. The molecule has 1 aliphatic rings. The number of nitrogens with one attached hydrogen (secondary N) is 1. The first-order valence-corrected chi connectivity index (χ1v) is 6.90. The van der Waals surface area contributed by atoms with Crippen LogP contribution in [0.25, 0.3) is 0 Å². The zero-order valence-corrected chi connectivity index (χ0v) is 12.0. The van der Waals surface area contributed by atoms with Gasteiger partial charge in [0.1, 0.15) is 5.75 Å². The second kappa shape index (κ2) is 6.26. The van der Waals surface area contributed by atoms with E-state index in [1.807, 2.05) is 24.0 Å². The first kappa shape index (κ1) is 14.2. The minimum absolute atomic E-state index is 0.00826. The topological polar surface area (TPSA) is 41.6 Å². The summed E-state index contributed by atoms with van der Waals surface area (Å²) in [7, 11) is 0. The zero-order chi connectivity index (χ0) is 13.8. The Kier molecular flexibility index (Phi) is 4.66. The number of carbonyl (C=O) groups is 1. The zero-order valence-electron chi connectivity index (χ0n) is 11.2. The molecule has 0 radical (unpaired) electrons. The number of amides is 1. The van der Waals surface area contributed by atoms with Crippen molar-refractivity contribution in [1.82, 2.24) is 10.2 Å². The maximum Gasteiger partial charge on any atom is 0.263 e. The number of rotatable bonds is 3. The molecular formula is C14H19ClN2O2. The number of piperazine rings is 1. The van der Waals surface area contributed by atoms with Gasteiger partial charge in [-0.1, -0.05) is 23.7 Å². The molecule has 2 rings (SSSR count). The Morgan fingerprint density at radius 2 is 2.26 bits per heavy atom. The molecule has 0 aromatic heterocycles. The van der Waals surface area contributed by atoms with Gasteiger partial charge < -0.3 is 15.0 Å². The van der Waals surface area contributed by atoms with Crippen LogP contribution in [-0.4, -0.2) is 42.6 Å². The molecule has 0 bridgehead atoms. The molecule has 0 saturated carbocycles.